The van der Waals surface area contributed by atoms with E-state index in [0.717, 1.165) is 11.5 Å². The zero-order chi connectivity index (χ0) is 14.8. The number of methoxy groups -OCH3 is 2. The van der Waals surface area contributed by atoms with Crippen molar-refractivity contribution in [3.8, 4) is 11.5 Å². The van der Waals surface area contributed by atoms with Crippen molar-refractivity contribution < 1.29 is 9.47 Å². The number of alkyl halides is 1. The van der Waals surface area contributed by atoms with Crippen LogP contribution in [0.3, 0.4) is 0 Å². The van der Waals surface area contributed by atoms with Gasteiger partial charge in [0.25, 0.3) is 0 Å². The highest BCUT2D eigenvalue weighted by molar-refractivity contribution is 9.09. The summed E-state index contributed by atoms with van der Waals surface area (Å²) in [5, 5.41) is 0. The standard InChI is InChI=1S/C18H19BrO2/c1-20-16-9-8-13(10-17(16)21-2)18(19)15-11-14(15)12-6-4-3-5-7-12/h3-10,14-15,18H,11H2,1-2H3. The van der Waals surface area contributed by atoms with Crippen LogP contribution in [0.2, 0.25) is 0 Å². The van der Waals surface area contributed by atoms with Crippen molar-refractivity contribution in [1.29, 1.82) is 0 Å². The molecule has 0 N–H and O–H groups in total. The van der Waals surface area contributed by atoms with Gasteiger partial charge in [-0.15, -0.1) is 0 Å². The molecule has 2 nitrogen and oxygen atoms in total. The summed E-state index contributed by atoms with van der Waals surface area (Å²) >= 11 is 3.86. The van der Waals surface area contributed by atoms with Crippen molar-refractivity contribution in [2.24, 2.45) is 5.92 Å². The topological polar surface area (TPSA) is 18.5 Å². The van der Waals surface area contributed by atoms with Crippen LogP contribution in [0.1, 0.15) is 28.3 Å². The van der Waals surface area contributed by atoms with E-state index in [1.165, 1.54) is 17.5 Å². The molecule has 2 aromatic carbocycles. The quantitative estimate of drug-likeness (QED) is 0.713. The van der Waals surface area contributed by atoms with E-state index in [1.807, 2.05) is 6.07 Å². The van der Waals surface area contributed by atoms with Crippen LogP contribution in [-0.2, 0) is 0 Å². The fraction of sp³-hybridized carbons (Fsp3) is 0.333. The summed E-state index contributed by atoms with van der Waals surface area (Å²) in [5.41, 5.74) is 2.68. The Morgan fingerprint density at radius 1 is 1.00 bits per heavy atom. The molecule has 0 aromatic heterocycles. The Kier molecular flexibility index (Phi) is 4.20. The molecular weight excluding hydrogens is 328 g/mol. The van der Waals surface area contributed by atoms with Gasteiger partial charge in [-0.3, -0.25) is 0 Å². The number of hydrogen-bond acceptors (Lipinski definition) is 2. The third-order valence-electron chi connectivity index (χ3n) is 4.17. The Balaban J connectivity index is 1.76. The highest BCUT2D eigenvalue weighted by atomic mass is 79.9. The number of rotatable bonds is 5. The molecule has 1 saturated carbocycles. The Bertz CT molecular complexity index is 612. The molecule has 1 fully saturated rings. The summed E-state index contributed by atoms with van der Waals surface area (Å²) in [7, 11) is 3.34. The van der Waals surface area contributed by atoms with Crippen molar-refractivity contribution in [2.75, 3.05) is 14.2 Å². The van der Waals surface area contributed by atoms with Gasteiger partial charge in [-0.05, 0) is 41.5 Å². The molecule has 110 valence electrons. The molecule has 0 aliphatic heterocycles. The van der Waals surface area contributed by atoms with E-state index in [0.29, 0.717) is 16.7 Å². The van der Waals surface area contributed by atoms with Gasteiger partial charge in [0.15, 0.2) is 11.5 Å². The second kappa shape index (κ2) is 6.10. The lowest BCUT2D eigenvalue weighted by Gasteiger charge is -2.14. The van der Waals surface area contributed by atoms with Crippen LogP contribution in [0.15, 0.2) is 48.5 Å². The molecule has 0 bridgehead atoms. The molecule has 0 heterocycles. The van der Waals surface area contributed by atoms with Gasteiger partial charge in [0.2, 0.25) is 0 Å². The lowest BCUT2D eigenvalue weighted by atomic mass is 10.0. The molecular formula is C18H19BrO2. The normalized spacial score (nSPS) is 21.7. The van der Waals surface area contributed by atoms with Crippen molar-refractivity contribution in [1.82, 2.24) is 0 Å². The maximum atomic E-state index is 5.39. The highest BCUT2D eigenvalue weighted by Gasteiger charge is 2.43. The Hall–Kier alpha value is -1.48. The van der Waals surface area contributed by atoms with E-state index in [9.17, 15) is 0 Å². The lowest BCUT2D eigenvalue weighted by Crippen LogP contribution is -1.97. The molecule has 0 spiro atoms. The predicted molar refractivity (Wildman–Crippen MR) is 88.5 cm³/mol. The first-order chi connectivity index (χ1) is 10.2. The van der Waals surface area contributed by atoms with Crippen molar-refractivity contribution >= 4 is 15.9 Å². The summed E-state index contributed by atoms with van der Waals surface area (Å²) in [6.07, 6.45) is 1.23. The SMILES string of the molecule is COc1ccc(C(Br)C2CC2c2ccccc2)cc1OC. The first-order valence-corrected chi connectivity index (χ1v) is 8.07. The van der Waals surface area contributed by atoms with Crippen LogP contribution in [0.4, 0.5) is 0 Å². The largest absolute Gasteiger partial charge is 0.493 e. The summed E-state index contributed by atoms with van der Waals surface area (Å²) in [6, 6.07) is 16.9. The van der Waals surface area contributed by atoms with Crippen LogP contribution in [0.25, 0.3) is 0 Å². The summed E-state index contributed by atoms with van der Waals surface area (Å²) < 4.78 is 10.7. The smallest absolute Gasteiger partial charge is 0.161 e. The summed E-state index contributed by atoms with van der Waals surface area (Å²) in [6.45, 7) is 0. The van der Waals surface area contributed by atoms with Crippen LogP contribution in [0.5, 0.6) is 11.5 Å². The number of benzene rings is 2. The summed E-state index contributed by atoms with van der Waals surface area (Å²) in [5.74, 6) is 2.86. The van der Waals surface area contributed by atoms with Gasteiger partial charge >= 0.3 is 0 Å². The number of halogens is 1. The molecule has 0 radical (unpaired) electrons. The molecule has 1 aliphatic carbocycles. The van der Waals surface area contributed by atoms with E-state index in [4.69, 9.17) is 9.47 Å². The minimum absolute atomic E-state index is 0.350. The zero-order valence-corrected chi connectivity index (χ0v) is 13.8. The van der Waals surface area contributed by atoms with E-state index >= 15 is 0 Å². The second-order valence-electron chi connectivity index (χ2n) is 5.43. The fourth-order valence-corrected chi connectivity index (χ4v) is 3.76. The van der Waals surface area contributed by atoms with Gasteiger partial charge in [-0.2, -0.15) is 0 Å². The molecule has 0 saturated heterocycles. The zero-order valence-electron chi connectivity index (χ0n) is 12.3. The average Bonchev–Trinajstić information content (AvgIpc) is 3.35. The minimum Gasteiger partial charge on any atom is -0.493 e. The van der Waals surface area contributed by atoms with E-state index in [-0.39, 0.29) is 0 Å². The maximum absolute atomic E-state index is 5.39. The third kappa shape index (κ3) is 2.93. The van der Waals surface area contributed by atoms with Gasteiger partial charge < -0.3 is 9.47 Å². The van der Waals surface area contributed by atoms with Crippen LogP contribution in [-0.4, -0.2) is 14.2 Å². The Morgan fingerprint density at radius 2 is 1.71 bits per heavy atom. The Morgan fingerprint density at radius 3 is 2.38 bits per heavy atom. The van der Waals surface area contributed by atoms with Gasteiger partial charge in [0.05, 0.1) is 14.2 Å². The Labute approximate surface area is 134 Å². The molecule has 3 unspecified atom stereocenters. The van der Waals surface area contributed by atoms with E-state index in [1.54, 1.807) is 14.2 Å². The molecule has 1 aliphatic rings. The highest BCUT2D eigenvalue weighted by Crippen LogP contribution is 2.57. The van der Waals surface area contributed by atoms with Crippen molar-refractivity contribution in [2.45, 2.75) is 17.2 Å². The first kappa shape index (κ1) is 14.5. The monoisotopic (exact) mass is 346 g/mol. The van der Waals surface area contributed by atoms with Crippen LogP contribution in [0, 0.1) is 5.92 Å². The van der Waals surface area contributed by atoms with Crippen LogP contribution >= 0.6 is 15.9 Å². The van der Waals surface area contributed by atoms with Crippen molar-refractivity contribution in [3.05, 3.63) is 59.7 Å². The van der Waals surface area contributed by atoms with Crippen LogP contribution < -0.4 is 9.47 Å². The van der Waals surface area contributed by atoms with E-state index < -0.39 is 0 Å². The number of ether oxygens (including phenoxy) is 2. The maximum Gasteiger partial charge on any atom is 0.161 e. The average molecular weight is 347 g/mol. The molecule has 21 heavy (non-hydrogen) atoms. The van der Waals surface area contributed by atoms with Gasteiger partial charge in [0.1, 0.15) is 0 Å². The molecule has 3 heteroatoms. The second-order valence-corrected chi connectivity index (χ2v) is 6.42. The lowest BCUT2D eigenvalue weighted by molar-refractivity contribution is 0.354. The number of hydrogen-bond donors (Lipinski definition) is 0. The van der Waals surface area contributed by atoms with Gasteiger partial charge in [-0.1, -0.05) is 52.3 Å². The van der Waals surface area contributed by atoms with Gasteiger partial charge in [0, 0.05) is 4.83 Å². The molecule has 3 rings (SSSR count). The third-order valence-corrected chi connectivity index (χ3v) is 5.38. The fourth-order valence-electron chi connectivity index (χ4n) is 2.89. The molecule has 3 atom stereocenters. The van der Waals surface area contributed by atoms with E-state index in [2.05, 4.69) is 58.4 Å². The minimum atomic E-state index is 0.350. The molecule has 2 aromatic rings. The first-order valence-electron chi connectivity index (χ1n) is 7.15. The predicted octanol–water partition coefficient (Wildman–Crippen LogP) is 4.94. The van der Waals surface area contributed by atoms with Crippen molar-refractivity contribution in [3.63, 3.8) is 0 Å². The van der Waals surface area contributed by atoms with Gasteiger partial charge in [-0.25, -0.2) is 0 Å². The molecule has 0 amide bonds. The summed E-state index contributed by atoms with van der Waals surface area (Å²) in [4.78, 5) is 0.350.